The monoisotopic (exact) mass is 336 g/mol. The van der Waals surface area contributed by atoms with E-state index >= 15 is 0 Å². The highest BCUT2D eigenvalue weighted by Crippen LogP contribution is 2.27. The number of hydrogen-bond donors (Lipinski definition) is 1. The Bertz CT molecular complexity index is 720. The number of nitrogens with one attached hydrogen (secondary N) is 1. The van der Waals surface area contributed by atoms with Crippen LogP contribution in [-0.2, 0) is 11.2 Å². The number of amides is 1. The first-order chi connectivity index (χ1) is 12.3. The average Bonchev–Trinajstić information content (AvgIpc) is 3.24. The van der Waals surface area contributed by atoms with Crippen LogP contribution in [0.25, 0.3) is 0 Å². The third-order valence-corrected chi connectivity index (χ3v) is 5.30. The van der Waals surface area contributed by atoms with E-state index in [2.05, 4.69) is 23.5 Å². The molecule has 4 rings (SSSR count). The van der Waals surface area contributed by atoms with Gasteiger partial charge in [0.05, 0.1) is 0 Å². The molecule has 4 heteroatoms. The summed E-state index contributed by atoms with van der Waals surface area (Å²) in [6, 6.07) is 18.3. The number of rotatable bonds is 5. The standard InChI is InChI=1S/C21H24N2O2/c24-21(23-13-18-11-22-12-19(18)14-23)15-25-20-9-5-4-8-17(20)10-16-6-2-1-3-7-16/h1-9,18-19,22H,10-15H2/t18-,19+. The highest BCUT2D eigenvalue weighted by molar-refractivity contribution is 5.78. The van der Waals surface area contributed by atoms with Gasteiger partial charge in [0, 0.05) is 32.6 Å². The molecule has 2 atom stereocenters. The molecule has 0 radical (unpaired) electrons. The minimum Gasteiger partial charge on any atom is -0.483 e. The van der Waals surface area contributed by atoms with E-state index in [0.29, 0.717) is 11.8 Å². The van der Waals surface area contributed by atoms with Crippen molar-refractivity contribution >= 4 is 5.91 Å². The van der Waals surface area contributed by atoms with E-state index in [0.717, 1.165) is 43.9 Å². The Balaban J connectivity index is 1.37. The largest absolute Gasteiger partial charge is 0.483 e. The molecule has 0 aliphatic carbocycles. The Morgan fingerprint density at radius 1 is 1.00 bits per heavy atom. The van der Waals surface area contributed by atoms with Gasteiger partial charge in [0.15, 0.2) is 6.61 Å². The minimum atomic E-state index is 0.101. The van der Waals surface area contributed by atoms with E-state index in [9.17, 15) is 4.79 Å². The second kappa shape index (κ2) is 7.28. The molecule has 2 saturated heterocycles. The number of benzene rings is 2. The number of nitrogens with zero attached hydrogens (tertiary/aromatic N) is 1. The second-order valence-electron chi connectivity index (χ2n) is 7.04. The summed E-state index contributed by atoms with van der Waals surface area (Å²) in [5, 5.41) is 3.40. The van der Waals surface area contributed by atoms with Gasteiger partial charge < -0.3 is 15.0 Å². The number of carbonyl (C=O) groups excluding carboxylic acids is 1. The van der Waals surface area contributed by atoms with E-state index in [1.807, 2.05) is 41.3 Å². The molecule has 0 spiro atoms. The van der Waals surface area contributed by atoms with Gasteiger partial charge >= 0.3 is 0 Å². The molecule has 2 aliphatic heterocycles. The van der Waals surface area contributed by atoms with Crippen LogP contribution in [-0.4, -0.2) is 43.6 Å². The van der Waals surface area contributed by atoms with Crippen LogP contribution in [0.15, 0.2) is 54.6 Å². The quantitative estimate of drug-likeness (QED) is 0.911. The molecule has 0 bridgehead atoms. The SMILES string of the molecule is O=C(COc1ccccc1Cc1ccccc1)N1C[C@H]2CNC[C@H]2C1. The summed E-state index contributed by atoms with van der Waals surface area (Å²) < 4.78 is 5.90. The van der Waals surface area contributed by atoms with E-state index in [4.69, 9.17) is 4.74 Å². The van der Waals surface area contributed by atoms with E-state index in [1.54, 1.807) is 0 Å². The predicted octanol–water partition coefficient (Wildman–Crippen LogP) is 2.33. The second-order valence-corrected chi connectivity index (χ2v) is 7.04. The lowest BCUT2D eigenvalue weighted by Crippen LogP contribution is -2.35. The fourth-order valence-electron chi connectivity index (χ4n) is 3.90. The minimum absolute atomic E-state index is 0.101. The smallest absolute Gasteiger partial charge is 0.260 e. The highest BCUT2D eigenvalue weighted by Gasteiger charge is 2.38. The summed E-state index contributed by atoms with van der Waals surface area (Å²) in [6.07, 6.45) is 0.810. The van der Waals surface area contributed by atoms with Crippen molar-refractivity contribution in [2.45, 2.75) is 6.42 Å². The van der Waals surface area contributed by atoms with Gasteiger partial charge in [-0.2, -0.15) is 0 Å². The fraction of sp³-hybridized carbons (Fsp3) is 0.381. The van der Waals surface area contributed by atoms with E-state index in [-0.39, 0.29) is 12.5 Å². The van der Waals surface area contributed by atoms with Crippen molar-refractivity contribution in [3.63, 3.8) is 0 Å². The maximum Gasteiger partial charge on any atom is 0.260 e. The van der Waals surface area contributed by atoms with Crippen LogP contribution in [0.2, 0.25) is 0 Å². The Kier molecular flexibility index (Phi) is 4.70. The lowest BCUT2D eigenvalue weighted by molar-refractivity contribution is -0.132. The van der Waals surface area contributed by atoms with Crippen LogP contribution in [0.3, 0.4) is 0 Å². The molecular formula is C21H24N2O2. The number of carbonyl (C=O) groups is 1. The van der Waals surface area contributed by atoms with Gasteiger partial charge in [0.1, 0.15) is 5.75 Å². The molecule has 1 amide bonds. The summed E-state index contributed by atoms with van der Waals surface area (Å²) in [6.45, 7) is 3.93. The first-order valence-electron chi connectivity index (χ1n) is 9.03. The van der Waals surface area contributed by atoms with Gasteiger partial charge in [0.25, 0.3) is 5.91 Å². The third-order valence-electron chi connectivity index (χ3n) is 5.30. The molecule has 0 saturated carbocycles. The topological polar surface area (TPSA) is 41.6 Å². The normalized spacial score (nSPS) is 22.0. The Hall–Kier alpha value is -2.33. The van der Waals surface area contributed by atoms with Crippen molar-refractivity contribution < 1.29 is 9.53 Å². The molecule has 25 heavy (non-hydrogen) atoms. The molecular weight excluding hydrogens is 312 g/mol. The van der Waals surface area contributed by atoms with Gasteiger partial charge in [-0.25, -0.2) is 0 Å². The molecule has 2 aromatic rings. The Morgan fingerprint density at radius 2 is 1.68 bits per heavy atom. The lowest BCUT2D eigenvalue weighted by atomic mass is 10.0. The first kappa shape index (κ1) is 16.2. The summed E-state index contributed by atoms with van der Waals surface area (Å²) in [5.41, 5.74) is 2.36. The van der Waals surface area contributed by atoms with Crippen molar-refractivity contribution in [3.05, 3.63) is 65.7 Å². The van der Waals surface area contributed by atoms with Crippen LogP contribution in [0, 0.1) is 11.8 Å². The van der Waals surface area contributed by atoms with Crippen LogP contribution < -0.4 is 10.1 Å². The molecule has 4 nitrogen and oxygen atoms in total. The van der Waals surface area contributed by atoms with Gasteiger partial charge in [-0.3, -0.25) is 4.79 Å². The molecule has 2 aliphatic rings. The summed E-state index contributed by atoms with van der Waals surface area (Å²) in [5.74, 6) is 2.15. The molecule has 0 aromatic heterocycles. The summed E-state index contributed by atoms with van der Waals surface area (Å²) in [4.78, 5) is 14.5. The summed E-state index contributed by atoms with van der Waals surface area (Å²) >= 11 is 0. The van der Waals surface area contributed by atoms with Crippen molar-refractivity contribution in [1.82, 2.24) is 10.2 Å². The lowest BCUT2D eigenvalue weighted by Gasteiger charge is -2.18. The number of ether oxygens (including phenoxy) is 1. The van der Waals surface area contributed by atoms with Gasteiger partial charge in [-0.15, -0.1) is 0 Å². The molecule has 130 valence electrons. The maximum absolute atomic E-state index is 12.5. The fourth-order valence-corrected chi connectivity index (χ4v) is 3.90. The number of fused-ring (bicyclic) bond motifs is 1. The maximum atomic E-state index is 12.5. The van der Waals surface area contributed by atoms with Crippen LogP contribution in [0.5, 0.6) is 5.75 Å². The average molecular weight is 336 g/mol. The van der Waals surface area contributed by atoms with Gasteiger partial charge in [-0.05, 0) is 29.0 Å². The Labute approximate surface area is 148 Å². The van der Waals surface area contributed by atoms with E-state index in [1.165, 1.54) is 5.56 Å². The van der Waals surface area contributed by atoms with Crippen molar-refractivity contribution in [2.75, 3.05) is 32.8 Å². The predicted molar refractivity (Wildman–Crippen MR) is 97.6 cm³/mol. The molecule has 1 N–H and O–H groups in total. The van der Waals surface area contributed by atoms with Crippen LogP contribution >= 0.6 is 0 Å². The zero-order valence-electron chi connectivity index (χ0n) is 14.4. The zero-order chi connectivity index (χ0) is 17.1. The van der Waals surface area contributed by atoms with E-state index < -0.39 is 0 Å². The number of para-hydroxylation sites is 1. The Morgan fingerprint density at radius 3 is 2.44 bits per heavy atom. The highest BCUT2D eigenvalue weighted by atomic mass is 16.5. The van der Waals surface area contributed by atoms with Crippen molar-refractivity contribution in [3.8, 4) is 5.75 Å². The molecule has 2 aromatic carbocycles. The van der Waals surface area contributed by atoms with Gasteiger partial charge in [0.2, 0.25) is 0 Å². The number of hydrogen-bond acceptors (Lipinski definition) is 3. The first-order valence-corrected chi connectivity index (χ1v) is 9.03. The number of likely N-dealkylation sites (tertiary alicyclic amines) is 1. The zero-order valence-corrected chi connectivity index (χ0v) is 14.4. The van der Waals surface area contributed by atoms with Crippen LogP contribution in [0.4, 0.5) is 0 Å². The van der Waals surface area contributed by atoms with Gasteiger partial charge in [-0.1, -0.05) is 48.5 Å². The summed E-state index contributed by atoms with van der Waals surface area (Å²) in [7, 11) is 0. The molecule has 2 heterocycles. The van der Waals surface area contributed by atoms with Crippen LogP contribution in [0.1, 0.15) is 11.1 Å². The molecule has 0 unspecified atom stereocenters. The third kappa shape index (κ3) is 3.69. The van der Waals surface area contributed by atoms with Crippen molar-refractivity contribution in [1.29, 1.82) is 0 Å². The molecule has 2 fully saturated rings. The van der Waals surface area contributed by atoms with Crippen molar-refractivity contribution in [2.24, 2.45) is 11.8 Å².